The number of benzene rings is 1. The monoisotopic (exact) mass is 523 g/mol. The zero-order valence-corrected chi connectivity index (χ0v) is 19.0. The molecule has 2 atom stereocenters. The highest BCUT2D eigenvalue weighted by atomic mass is 35.5. The maximum absolute atomic E-state index is 13.4. The van der Waals surface area contributed by atoms with Crippen molar-refractivity contribution >= 4 is 28.5 Å². The summed E-state index contributed by atoms with van der Waals surface area (Å²) in [5.41, 5.74) is 2.04. The van der Waals surface area contributed by atoms with E-state index in [1.807, 2.05) is 0 Å². The minimum Gasteiger partial charge on any atom is -0.393 e. The van der Waals surface area contributed by atoms with Gasteiger partial charge in [-0.05, 0) is 43.0 Å². The third kappa shape index (κ3) is 5.31. The smallest absolute Gasteiger partial charge is 0.393 e. The number of aliphatic hydroxyl groups is 1. The summed E-state index contributed by atoms with van der Waals surface area (Å²) in [4.78, 5) is 13.7. The number of halogens is 7. The van der Waals surface area contributed by atoms with Gasteiger partial charge < -0.3 is 19.7 Å². The van der Waals surface area contributed by atoms with Gasteiger partial charge in [0.05, 0.1) is 12.1 Å². The third-order valence-corrected chi connectivity index (χ3v) is 5.99. The van der Waals surface area contributed by atoms with Gasteiger partial charge in [-0.15, -0.1) is 0 Å². The van der Waals surface area contributed by atoms with Crippen molar-refractivity contribution in [3.63, 3.8) is 0 Å². The summed E-state index contributed by atoms with van der Waals surface area (Å²) >= 11 is 6.12. The second-order valence-corrected chi connectivity index (χ2v) is 8.55. The lowest BCUT2D eigenvalue weighted by Crippen LogP contribution is -2.39. The van der Waals surface area contributed by atoms with Crippen LogP contribution in [-0.2, 0) is 23.5 Å². The molecule has 3 aromatic rings. The molecule has 7 nitrogen and oxygen atoms in total. The Balaban J connectivity index is 1.84. The second-order valence-electron chi connectivity index (χ2n) is 8.12. The SMILES string of the molecule is COCC[C@@H](O)C[C@@H]1c2[nH]c3ccc(Cl)cc3c2CCN1c1nc(C(F)(F)F)nc(C(F)(F)F)n1. The van der Waals surface area contributed by atoms with Gasteiger partial charge in [0.2, 0.25) is 17.6 Å². The van der Waals surface area contributed by atoms with Gasteiger partial charge in [0.1, 0.15) is 0 Å². The van der Waals surface area contributed by atoms with Gasteiger partial charge in [0.25, 0.3) is 0 Å². The van der Waals surface area contributed by atoms with Crippen molar-refractivity contribution in [2.24, 2.45) is 0 Å². The fraction of sp³-hybridized carbons (Fsp3) is 0.476. The largest absolute Gasteiger partial charge is 0.451 e. The molecule has 0 unspecified atom stereocenters. The summed E-state index contributed by atoms with van der Waals surface area (Å²) in [6, 6.07) is 4.27. The number of methoxy groups -OCH3 is 1. The zero-order valence-electron chi connectivity index (χ0n) is 18.2. The standard InChI is InChI=1S/C21H20ClF6N5O2/c1-35-7-5-11(34)9-15-16-12(13-8-10(22)2-3-14(13)29-16)4-6-33(15)19-31-17(20(23,24)25)30-18(32-19)21(26,27)28/h2-3,8,11,15,29,34H,4-7,9H2,1H3/t11-,15-/m1/s1. The molecule has 0 saturated heterocycles. The Bertz CT molecular complexity index is 1180. The maximum atomic E-state index is 13.4. The average Bonchev–Trinajstić information content (AvgIpc) is 3.14. The van der Waals surface area contributed by atoms with E-state index >= 15 is 0 Å². The van der Waals surface area contributed by atoms with Crippen LogP contribution in [0, 0.1) is 0 Å². The summed E-state index contributed by atoms with van der Waals surface area (Å²) in [5, 5.41) is 11.8. The number of anilines is 1. The van der Waals surface area contributed by atoms with E-state index in [4.69, 9.17) is 16.3 Å². The van der Waals surface area contributed by atoms with E-state index in [0.29, 0.717) is 16.2 Å². The first-order valence-corrected chi connectivity index (χ1v) is 10.9. The average molecular weight is 524 g/mol. The molecule has 0 radical (unpaired) electrons. The Labute approximate surface area is 200 Å². The van der Waals surface area contributed by atoms with Crippen LogP contribution in [0.15, 0.2) is 18.2 Å². The minimum atomic E-state index is -5.22. The van der Waals surface area contributed by atoms with Crippen LogP contribution in [-0.4, -0.2) is 51.4 Å². The number of aromatic nitrogens is 4. The number of aliphatic hydroxyl groups excluding tert-OH is 1. The van der Waals surface area contributed by atoms with Crippen LogP contribution in [0.1, 0.15) is 41.8 Å². The summed E-state index contributed by atoms with van der Waals surface area (Å²) in [5.74, 6) is -4.66. The molecule has 0 saturated carbocycles. The van der Waals surface area contributed by atoms with Crippen molar-refractivity contribution in [3.8, 4) is 0 Å². The first-order valence-electron chi connectivity index (χ1n) is 10.5. The predicted molar refractivity (Wildman–Crippen MR) is 114 cm³/mol. The van der Waals surface area contributed by atoms with Crippen molar-refractivity contribution in [2.75, 3.05) is 25.2 Å². The van der Waals surface area contributed by atoms with Gasteiger partial charge in [0.15, 0.2) is 0 Å². The lowest BCUT2D eigenvalue weighted by Gasteiger charge is -2.37. The second kappa shape index (κ2) is 9.43. The van der Waals surface area contributed by atoms with E-state index in [-0.39, 0.29) is 32.4 Å². The molecule has 3 heterocycles. The lowest BCUT2D eigenvalue weighted by molar-refractivity contribution is -0.155. The molecular formula is C21H20ClF6N5O2. The van der Waals surface area contributed by atoms with Crippen LogP contribution >= 0.6 is 11.6 Å². The first-order chi connectivity index (χ1) is 16.4. The number of fused-ring (bicyclic) bond motifs is 3. The molecule has 1 aliphatic heterocycles. The van der Waals surface area contributed by atoms with Crippen LogP contribution in [0.25, 0.3) is 10.9 Å². The quantitative estimate of drug-likeness (QED) is 0.445. The van der Waals surface area contributed by atoms with Crippen molar-refractivity contribution in [3.05, 3.63) is 46.1 Å². The Morgan fingerprint density at radius 1 is 1.14 bits per heavy atom. The molecule has 4 rings (SSSR count). The van der Waals surface area contributed by atoms with Gasteiger partial charge in [-0.2, -0.15) is 36.3 Å². The number of hydrogen-bond acceptors (Lipinski definition) is 6. The number of ether oxygens (including phenoxy) is 1. The van der Waals surface area contributed by atoms with Gasteiger partial charge in [0, 0.05) is 41.9 Å². The van der Waals surface area contributed by atoms with E-state index in [1.54, 1.807) is 18.2 Å². The number of aromatic amines is 1. The fourth-order valence-corrected chi connectivity index (χ4v) is 4.37. The molecular weight excluding hydrogens is 504 g/mol. The maximum Gasteiger partial charge on any atom is 0.451 e. The molecule has 2 N–H and O–H groups in total. The number of H-pyrrole nitrogens is 1. The number of rotatable bonds is 6. The molecule has 1 aromatic carbocycles. The van der Waals surface area contributed by atoms with Gasteiger partial charge >= 0.3 is 12.4 Å². The van der Waals surface area contributed by atoms with Gasteiger partial charge in [-0.1, -0.05) is 11.6 Å². The first kappa shape index (κ1) is 25.5. The Hall–Kier alpha value is -2.64. The van der Waals surface area contributed by atoms with Gasteiger partial charge in [-0.25, -0.2) is 4.98 Å². The molecule has 0 amide bonds. The Morgan fingerprint density at radius 2 is 1.80 bits per heavy atom. The number of nitrogens with zero attached hydrogens (tertiary/aromatic N) is 4. The van der Waals surface area contributed by atoms with E-state index in [9.17, 15) is 31.4 Å². The summed E-state index contributed by atoms with van der Waals surface area (Å²) < 4.78 is 85.1. The normalized spacial score (nSPS) is 17.6. The van der Waals surface area contributed by atoms with Crippen LogP contribution in [0.2, 0.25) is 5.02 Å². The molecule has 0 bridgehead atoms. The topological polar surface area (TPSA) is 87.2 Å². The van der Waals surface area contributed by atoms with E-state index in [0.717, 1.165) is 10.9 Å². The molecule has 14 heteroatoms. The van der Waals surface area contributed by atoms with Crippen LogP contribution in [0.5, 0.6) is 0 Å². The fourth-order valence-electron chi connectivity index (χ4n) is 4.20. The van der Waals surface area contributed by atoms with Gasteiger partial charge in [-0.3, -0.25) is 0 Å². The molecule has 35 heavy (non-hydrogen) atoms. The molecule has 190 valence electrons. The summed E-state index contributed by atoms with van der Waals surface area (Å²) in [6.45, 7) is 0.220. The summed E-state index contributed by atoms with van der Waals surface area (Å²) in [6.07, 6.45) is -10.9. The third-order valence-electron chi connectivity index (χ3n) is 5.75. The van der Waals surface area contributed by atoms with E-state index < -0.39 is 42.1 Å². The number of nitrogens with one attached hydrogen (secondary N) is 1. The molecule has 1 aliphatic rings. The minimum absolute atomic E-state index is 0.00669. The zero-order chi connectivity index (χ0) is 25.5. The van der Waals surface area contributed by atoms with Crippen molar-refractivity contribution < 1.29 is 36.2 Å². The van der Waals surface area contributed by atoms with Crippen LogP contribution in [0.3, 0.4) is 0 Å². The lowest BCUT2D eigenvalue weighted by atomic mass is 9.93. The van der Waals surface area contributed by atoms with Crippen LogP contribution in [0.4, 0.5) is 32.3 Å². The molecule has 0 fully saturated rings. The summed E-state index contributed by atoms with van der Waals surface area (Å²) in [7, 11) is 1.45. The predicted octanol–water partition coefficient (Wildman–Crippen LogP) is 4.94. The molecule has 0 spiro atoms. The molecule has 0 aliphatic carbocycles. The van der Waals surface area contributed by atoms with Crippen molar-refractivity contribution in [1.29, 1.82) is 0 Å². The van der Waals surface area contributed by atoms with E-state index in [2.05, 4.69) is 19.9 Å². The van der Waals surface area contributed by atoms with E-state index in [1.165, 1.54) is 12.0 Å². The highest BCUT2D eigenvalue weighted by Crippen LogP contribution is 2.41. The number of alkyl halides is 6. The Kier molecular flexibility index (Phi) is 6.86. The van der Waals surface area contributed by atoms with Crippen molar-refractivity contribution in [1.82, 2.24) is 19.9 Å². The molecule has 2 aromatic heterocycles. The highest BCUT2D eigenvalue weighted by molar-refractivity contribution is 6.31. The highest BCUT2D eigenvalue weighted by Gasteiger charge is 2.43. The Morgan fingerprint density at radius 3 is 2.40 bits per heavy atom. The number of hydrogen-bond donors (Lipinski definition) is 2. The van der Waals surface area contributed by atoms with Crippen molar-refractivity contribution in [2.45, 2.75) is 43.8 Å². The van der Waals surface area contributed by atoms with Crippen LogP contribution < -0.4 is 4.90 Å².